The average Bonchev–Trinajstić information content (AvgIpc) is 2.58. The first kappa shape index (κ1) is 22.1. The molecular weight excluding hydrogens is 347 g/mol. The Morgan fingerprint density at radius 3 is 2.58 bits per heavy atom. The lowest BCUT2D eigenvalue weighted by Gasteiger charge is -2.15. The minimum atomic E-state index is -4.41. The maximum Gasteiger partial charge on any atom is 0.422 e. The number of hydrogen-bond acceptors (Lipinski definition) is 3. The zero-order valence-corrected chi connectivity index (χ0v) is 15.6. The summed E-state index contributed by atoms with van der Waals surface area (Å²) in [5.41, 5.74) is 0.801. The number of benzene rings is 1. The van der Waals surface area contributed by atoms with Crippen LogP contribution in [0.25, 0.3) is 0 Å². The summed E-state index contributed by atoms with van der Waals surface area (Å²) in [6.45, 7) is 2.75. The molecule has 0 heterocycles. The van der Waals surface area contributed by atoms with Gasteiger partial charge in [-0.2, -0.15) is 13.2 Å². The van der Waals surface area contributed by atoms with E-state index in [0.29, 0.717) is 12.8 Å². The minimum Gasteiger partial charge on any atom is -0.493 e. The van der Waals surface area contributed by atoms with E-state index in [9.17, 15) is 18.0 Å². The van der Waals surface area contributed by atoms with Crippen LogP contribution in [0.15, 0.2) is 18.2 Å². The first-order valence-corrected chi connectivity index (χ1v) is 8.91. The van der Waals surface area contributed by atoms with E-state index in [2.05, 4.69) is 12.2 Å². The molecule has 1 rings (SSSR count). The summed E-state index contributed by atoms with van der Waals surface area (Å²) in [4.78, 5) is 12.0. The van der Waals surface area contributed by atoms with Crippen LogP contribution in [0.5, 0.6) is 11.5 Å². The largest absolute Gasteiger partial charge is 0.493 e. The van der Waals surface area contributed by atoms with Crippen molar-refractivity contribution in [2.75, 3.05) is 13.7 Å². The lowest BCUT2D eigenvalue weighted by atomic mass is 10.1. The Morgan fingerprint density at radius 2 is 1.96 bits per heavy atom. The van der Waals surface area contributed by atoms with E-state index in [1.54, 1.807) is 12.1 Å². The summed E-state index contributed by atoms with van der Waals surface area (Å²) in [5, 5.41) is 2.97. The van der Waals surface area contributed by atoms with E-state index in [4.69, 9.17) is 9.47 Å². The highest BCUT2D eigenvalue weighted by molar-refractivity contribution is 5.76. The van der Waals surface area contributed by atoms with E-state index in [0.717, 1.165) is 31.2 Å². The van der Waals surface area contributed by atoms with Crippen molar-refractivity contribution >= 4 is 5.91 Å². The zero-order chi connectivity index (χ0) is 19.6. The van der Waals surface area contributed by atoms with Crippen molar-refractivity contribution in [3.8, 4) is 11.5 Å². The number of nitrogens with one attached hydrogen (secondary N) is 1. The number of halogens is 3. The number of methoxy groups -OCH3 is 1. The summed E-state index contributed by atoms with van der Waals surface area (Å²) >= 11 is 0. The molecule has 0 aromatic heterocycles. The molecule has 0 bridgehead atoms. The van der Waals surface area contributed by atoms with Gasteiger partial charge in [0.2, 0.25) is 5.91 Å². The maximum absolute atomic E-state index is 12.3. The van der Waals surface area contributed by atoms with Crippen molar-refractivity contribution in [2.24, 2.45) is 0 Å². The second-order valence-corrected chi connectivity index (χ2v) is 6.35. The molecule has 0 saturated carbocycles. The third kappa shape index (κ3) is 8.97. The molecule has 1 aromatic carbocycles. The number of ether oxygens (including phenoxy) is 2. The Kier molecular flexibility index (Phi) is 9.30. The molecule has 1 N–H and O–H groups in total. The third-order valence-electron chi connectivity index (χ3n) is 3.91. The number of hydrogen-bond donors (Lipinski definition) is 1. The van der Waals surface area contributed by atoms with Gasteiger partial charge in [-0.3, -0.25) is 4.79 Å². The molecule has 7 heteroatoms. The topological polar surface area (TPSA) is 47.6 Å². The van der Waals surface area contributed by atoms with Gasteiger partial charge in [-0.1, -0.05) is 32.3 Å². The second kappa shape index (κ2) is 10.9. The van der Waals surface area contributed by atoms with Crippen molar-refractivity contribution in [3.63, 3.8) is 0 Å². The monoisotopic (exact) mass is 375 g/mol. The van der Waals surface area contributed by atoms with Crippen molar-refractivity contribution in [1.82, 2.24) is 5.32 Å². The van der Waals surface area contributed by atoms with Gasteiger partial charge >= 0.3 is 6.18 Å². The van der Waals surface area contributed by atoms with Gasteiger partial charge in [-0.05, 0) is 37.5 Å². The van der Waals surface area contributed by atoms with Gasteiger partial charge in [0.1, 0.15) is 0 Å². The zero-order valence-electron chi connectivity index (χ0n) is 15.6. The molecule has 1 unspecified atom stereocenters. The second-order valence-electron chi connectivity index (χ2n) is 6.35. The summed E-state index contributed by atoms with van der Waals surface area (Å²) in [7, 11) is 1.37. The molecule has 1 aromatic rings. The standard InChI is InChI=1S/C19H28F3NO3/c1-4-5-6-7-14(2)23-18(24)11-9-15-8-10-16(17(12-15)25-3)26-13-19(20,21)22/h8,10,12,14H,4-7,9,11,13H2,1-3H3,(H,23,24). The van der Waals surface area contributed by atoms with Crippen LogP contribution in [-0.4, -0.2) is 31.8 Å². The predicted octanol–water partition coefficient (Wildman–Crippen LogP) is 4.65. The SMILES string of the molecule is CCCCCC(C)NC(=O)CCc1ccc(OCC(F)(F)F)c(OC)c1. The lowest BCUT2D eigenvalue weighted by Crippen LogP contribution is -2.32. The average molecular weight is 375 g/mol. The Labute approximate surface area is 153 Å². The summed E-state index contributed by atoms with van der Waals surface area (Å²) in [6.07, 6.45) is 0.726. The van der Waals surface area contributed by atoms with Gasteiger partial charge < -0.3 is 14.8 Å². The van der Waals surface area contributed by atoms with Crippen LogP contribution in [0, 0.1) is 0 Å². The molecular formula is C19H28F3NO3. The van der Waals surface area contributed by atoms with Gasteiger partial charge in [0, 0.05) is 12.5 Å². The van der Waals surface area contributed by atoms with E-state index in [-0.39, 0.29) is 23.4 Å². The normalized spacial score (nSPS) is 12.5. The number of unbranched alkanes of at least 4 members (excludes halogenated alkanes) is 2. The van der Waals surface area contributed by atoms with E-state index < -0.39 is 12.8 Å². The Bertz CT molecular complexity index is 561. The maximum atomic E-state index is 12.3. The number of carbonyl (C=O) groups is 1. The van der Waals surface area contributed by atoms with Gasteiger partial charge in [-0.15, -0.1) is 0 Å². The quantitative estimate of drug-likeness (QED) is 0.573. The molecule has 0 aliphatic heterocycles. The molecule has 0 aliphatic rings. The molecule has 148 valence electrons. The fraction of sp³-hybridized carbons (Fsp3) is 0.632. The Hall–Kier alpha value is -1.92. The van der Waals surface area contributed by atoms with Gasteiger partial charge in [0.15, 0.2) is 18.1 Å². The van der Waals surface area contributed by atoms with Crippen LogP contribution in [0.1, 0.15) is 51.5 Å². The molecule has 0 fully saturated rings. The fourth-order valence-electron chi connectivity index (χ4n) is 2.52. The summed E-state index contributed by atoms with van der Waals surface area (Å²) in [6, 6.07) is 4.82. The van der Waals surface area contributed by atoms with Gasteiger partial charge in [-0.25, -0.2) is 0 Å². The predicted molar refractivity (Wildman–Crippen MR) is 94.6 cm³/mol. The third-order valence-corrected chi connectivity index (χ3v) is 3.91. The molecule has 0 radical (unpaired) electrons. The van der Waals surface area contributed by atoms with Crippen LogP contribution >= 0.6 is 0 Å². The summed E-state index contributed by atoms with van der Waals surface area (Å²) < 4.78 is 46.6. The van der Waals surface area contributed by atoms with Crippen LogP contribution in [0.3, 0.4) is 0 Å². The molecule has 26 heavy (non-hydrogen) atoms. The number of rotatable bonds is 11. The highest BCUT2D eigenvalue weighted by atomic mass is 19.4. The van der Waals surface area contributed by atoms with Crippen LogP contribution in [-0.2, 0) is 11.2 Å². The number of carbonyl (C=O) groups excluding carboxylic acids is 1. The van der Waals surface area contributed by atoms with Gasteiger partial charge in [0.25, 0.3) is 0 Å². The van der Waals surface area contributed by atoms with E-state index in [1.807, 2.05) is 6.92 Å². The lowest BCUT2D eigenvalue weighted by molar-refractivity contribution is -0.153. The fourth-order valence-corrected chi connectivity index (χ4v) is 2.52. The molecule has 0 aliphatic carbocycles. The first-order valence-electron chi connectivity index (χ1n) is 8.91. The Balaban J connectivity index is 2.50. The van der Waals surface area contributed by atoms with Crippen molar-refractivity contribution in [3.05, 3.63) is 23.8 Å². The molecule has 0 saturated heterocycles. The first-order chi connectivity index (χ1) is 12.2. The highest BCUT2D eigenvalue weighted by Crippen LogP contribution is 2.30. The van der Waals surface area contributed by atoms with Crippen LogP contribution < -0.4 is 14.8 Å². The highest BCUT2D eigenvalue weighted by Gasteiger charge is 2.29. The molecule has 1 amide bonds. The number of amides is 1. The van der Waals surface area contributed by atoms with Crippen molar-refractivity contribution in [1.29, 1.82) is 0 Å². The smallest absolute Gasteiger partial charge is 0.422 e. The Morgan fingerprint density at radius 1 is 1.23 bits per heavy atom. The molecule has 0 spiro atoms. The minimum absolute atomic E-state index is 0.0302. The molecule has 4 nitrogen and oxygen atoms in total. The van der Waals surface area contributed by atoms with Crippen molar-refractivity contribution in [2.45, 2.75) is 64.6 Å². The number of alkyl halides is 3. The van der Waals surface area contributed by atoms with E-state index in [1.165, 1.54) is 13.2 Å². The van der Waals surface area contributed by atoms with Gasteiger partial charge in [0.05, 0.1) is 7.11 Å². The van der Waals surface area contributed by atoms with Crippen LogP contribution in [0.4, 0.5) is 13.2 Å². The number of aryl methyl sites for hydroxylation is 1. The molecule has 1 atom stereocenters. The van der Waals surface area contributed by atoms with Crippen molar-refractivity contribution < 1.29 is 27.4 Å². The van der Waals surface area contributed by atoms with Crippen LogP contribution in [0.2, 0.25) is 0 Å². The summed E-state index contributed by atoms with van der Waals surface area (Å²) in [5.74, 6) is 0.216. The van der Waals surface area contributed by atoms with E-state index >= 15 is 0 Å².